The molecule has 0 spiro atoms. The van der Waals surface area contributed by atoms with Crippen LogP contribution in [0.15, 0.2) is 11.6 Å². The Hall–Kier alpha value is -0.260. The molecule has 1 fully saturated rings. The molecule has 0 aromatic heterocycles. The lowest BCUT2D eigenvalue weighted by Gasteiger charge is -2.09. The zero-order valence-corrected chi connectivity index (χ0v) is 10.7. The number of allylic oxidation sites excluding steroid dienone is 2. The molecule has 0 saturated heterocycles. The lowest BCUT2D eigenvalue weighted by molar-refractivity contribution is 0.646. The first-order valence-corrected chi connectivity index (χ1v) is 7.06. The van der Waals surface area contributed by atoms with E-state index in [0.717, 1.165) is 5.92 Å². The second kappa shape index (κ2) is 7.96. The summed E-state index contributed by atoms with van der Waals surface area (Å²) in [7, 11) is 0. The summed E-state index contributed by atoms with van der Waals surface area (Å²) in [6.07, 6.45) is 16.7. The van der Waals surface area contributed by atoms with Crippen LogP contribution in [0, 0.1) is 5.92 Å². The Labute approximate surface area is 96.2 Å². The molecule has 1 aliphatic carbocycles. The quantitative estimate of drug-likeness (QED) is 0.384. The molecule has 0 heterocycles. The van der Waals surface area contributed by atoms with Crippen molar-refractivity contribution in [2.45, 2.75) is 78.1 Å². The van der Waals surface area contributed by atoms with Crippen molar-refractivity contribution in [2.75, 3.05) is 0 Å². The van der Waals surface area contributed by atoms with E-state index in [1.165, 1.54) is 64.2 Å². The molecular weight excluding hydrogens is 180 g/mol. The summed E-state index contributed by atoms with van der Waals surface area (Å²) in [6.45, 7) is 4.60. The Morgan fingerprint density at radius 3 is 2.33 bits per heavy atom. The fourth-order valence-corrected chi connectivity index (χ4v) is 2.67. The third-order valence-corrected chi connectivity index (χ3v) is 3.54. The van der Waals surface area contributed by atoms with Gasteiger partial charge in [0.25, 0.3) is 0 Å². The molecule has 0 aromatic carbocycles. The Morgan fingerprint density at radius 2 is 1.73 bits per heavy atom. The minimum Gasteiger partial charge on any atom is -0.0822 e. The van der Waals surface area contributed by atoms with Crippen molar-refractivity contribution in [3.8, 4) is 0 Å². The smallest absolute Gasteiger partial charge is 0.0231 e. The van der Waals surface area contributed by atoms with E-state index >= 15 is 0 Å². The van der Waals surface area contributed by atoms with Crippen LogP contribution >= 0.6 is 0 Å². The van der Waals surface area contributed by atoms with Crippen LogP contribution in [0.5, 0.6) is 0 Å². The average Bonchev–Trinajstić information content (AvgIpc) is 2.71. The normalized spacial score (nSPS) is 18.7. The third-order valence-electron chi connectivity index (χ3n) is 3.54. The van der Waals surface area contributed by atoms with E-state index < -0.39 is 0 Å². The fourth-order valence-electron chi connectivity index (χ4n) is 2.67. The van der Waals surface area contributed by atoms with Gasteiger partial charge in [-0.25, -0.2) is 0 Å². The van der Waals surface area contributed by atoms with Crippen molar-refractivity contribution in [1.82, 2.24) is 0 Å². The van der Waals surface area contributed by atoms with Crippen molar-refractivity contribution in [2.24, 2.45) is 5.92 Å². The molecule has 0 amide bonds. The van der Waals surface area contributed by atoms with Crippen molar-refractivity contribution in [3.05, 3.63) is 11.6 Å². The maximum Gasteiger partial charge on any atom is -0.0231 e. The first kappa shape index (κ1) is 12.8. The molecule has 0 heteroatoms. The van der Waals surface area contributed by atoms with E-state index in [1.54, 1.807) is 5.57 Å². The van der Waals surface area contributed by atoms with Gasteiger partial charge in [-0.05, 0) is 38.0 Å². The Morgan fingerprint density at radius 1 is 1.00 bits per heavy atom. The molecule has 0 atom stereocenters. The van der Waals surface area contributed by atoms with Gasteiger partial charge in [0.1, 0.15) is 0 Å². The summed E-state index contributed by atoms with van der Waals surface area (Å²) in [5, 5.41) is 0. The molecule has 0 aliphatic heterocycles. The van der Waals surface area contributed by atoms with Crippen LogP contribution in [0.2, 0.25) is 0 Å². The van der Waals surface area contributed by atoms with E-state index in [-0.39, 0.29) is 0 Å². The minimum absolute atomic E-state index is 0.938. The van der Waals surface area contributed by atoms with Crippen LogP contribution in [0.25, 0.3) is 0 Å². The van der Waals surface area contributed by atoms with Gasteiger partial charge in [0, 0.05) is 0 Å². The summed E-state index contributed by atoms with van der Waals surface area (Å²) in [6, 6.07) is 0. The highest BCUT2D eigenvalue weighted by Crippen LogP contribution is 2.28. The Kier molecular flexibility index (Phi) is 6.80. The van der Waals surface area contributed by atoms with Gasteiger partial charge in [-0.3, -0.25) is 0 Å². The van der Waals surface area contributed by atoms with E-state index in [2.05, 4.69) is 19.9 Å². The first-order chi connectivity index (χ1) is 7.36. The zero-order chi connectivity index (χ0) is 10.9. The van der Waals surface area contributed by atoms with Gasteiger partial charge in [-0.15, -0.1) is 0 Å². The molecule has 88 valence electrons. The summed E-state index contributed by atoms with van der Waals surface area (Å²) in [4.78, 5) is 0. The number of hydrogen-bond acceptors (Lipinski definition) is 0. The van der Waals surface area contributed by atoms with Crippen molar-refractivity contribution < 1.29 is 0 Å². The highest BCUT2D eigenvalue weighted by atomic mass is 14.2. The summed E-state index contributed by atoms with van der Waals surface area (Å²) < 4.78 is 0. The average molecular weight is 208 g/mol. The van der Waals surface area contributed by atoms with E-state index in [0.29, 0.717) is 0 Å². The second-order valence-corrected chi connectivity index (χ2v) is 5.08. The van der Waals surface area contributed by atoms with Crippen LogP contribution in [0.4, 0.5) is 0 Å². The maximum atomic E-state index is 2.63. The molecule has 0 unspecified atom stereocenters. The first-order valence-electron chi connectivity index (χ1n) is 7.06. The summed E-state index contributed by atoms with van der Waals surface area (Å²) in [5.41, 5.74) is 1.76. The fraction of sp³-hybridized carbons (Fsp3) is 0.867. The van der Waals surface area contributed by atoms with Crippen LogP contribution in [0.3, 0.4) is 0 Å². The van der Waals surface area contributed by atoms with Gasteiger partial charge in [0.15, 0.2) is 0 Å². The lowest BCUT2D eigenvalue weighted by Crippen LogP contribution is -1.92. The molecule has 0 radical (unpaired) electrons. The van der Waals surface area contributed by atoms with E-state index in [4.69, 9.17) is 0 Å². The number of hydrogen-bond donors (Lipinski definition) is 0. The maximum absolute atomic E-state index is 2.63. The highest BCUT2D eigenvalue weighted by Gasteiger charge is 2.12. The van der Waals surface area contributed by atoms with Gasteiger partial charge in [-0.2, -0.15) is 0 Å². The van der Waals surface area contributed by atoms with E-state index in [1.807, 2.05) is 0 Å². The van der Waals surface area contributed by atoms with Gasteiger partial charge >= 0.3 is 0 Å². The molecule has 0 N–H and O–H groups in total. The van der Waals surface area contributed by atoms with Gasteiger partial charge in [-0.1, -0.05) is 57.6 Å². The highest BCUT2D eigenvalue weighted by molar-refractivity contribution is 5.05. The van der Waals surface area contributed by atoms with Crippen LogP contribution in [0.1, 0.15) is 78.1 Å². The predicted molar refractivity (Wildman–Crippen MR) is 69.1 cm³/mol. The summed E-state index contributed by atoms with van der Waals surface area (Å²) in [5.74, 6) is 0.938. The lowest BCUT2D eigenvalue weighted by atomic mass is 9.97. The van der Waals surface area contributed by atoms with Crippen molar-refractivity contribution in [3.63, 3.8) is 0 Å². The second-order valence-electron chi connectivity index (χ2n) is 5.08. The summed E-state index contributed by atoms with van der Waals surface area (Å²) >= 11 is 0. The molecule has 15 heavy (non-hydrogen) atoms. The predicted octanol–water partition coefficient (Wildman–Crippen LogP) is 5.48. The van der Waals surface area contributed by atoms with Crippen LogP contribution < -0.4 is 0 Å². The van der Waals surface area contributed by atoms with Crippen molar-refractivity contribution in [1.29, 1.82) is 0 Å². The van der Waals surface area contributed by atoms with Gasteiger partial charge < -0.3 is 0 Å². The largest absolute Gasteiger partial charge is 0.0822 e. The van der Waals surface area contributed by atoms with Crippen LogP contribution in [-0.4, -0.2) is 0 Å². The molecule has 1 saturated carbocycles. The molecule has 1 aliphatic rings. The number of rotatable bonds is 7. The molecule has 0 nitrogen and oxygen atoms in total. The molecule has 0 bridgehead atoms. The standard InChI is InChI=1S/C15H28/c1-3-5-6-10-14(9-4-2)13-15-11-7-8-12-15/h13,15H,3-12H2,1-2H3/b14-13+. The monoisotopic (exact) mass is 208 g/mol. The van der Waals surface area contributed by atoms with Gasteiger partial charge in [0.2, 0.25) is 0 Å². The Bertz CT molecular complexity index is 172. The van der Waals surface area contributed by atoms with Crippen LogP contribution in [-0.2, 0) is 0 Å². The minimum atomic E-state index is 0.938. The SMILES string of the molecule is CCCCC/C(=C/C1CCCC1)CCC. The van der Waals surface area contributed by atoms with Crippen molar-refractivity contribution >= 4 is 0 Å². The number of unbranched alkanes of at least 4 members (excludes halogenated alkanes) is 2. The third kappa shape index (κ3) is 5.39. The molecular formula is C15H28. The van der Waals surface area contributed by atoms with Gasteiger partial charge in [0.05, 0.1) is 0 Å². The topological polar surface area (TPSA) is 0 Å². The zero-order valence-electron chi connectivity index (χ0n) is 10.7. The Balaban J connectivity index is 2.33. The van der Waals surface area contributed by atoms with E-state index in [9.17, 15) is 0 Å². The molecule has 0 aromatic rings. The molecule has 1 rings (SSSR count).